The Morgan fingerprint density at radius 2 is 1.55 bits per heavy atom. The molecule has 1 heterocycles. The van der Waals surface area contributed by atoms with E-state index in [2.05, 4.69) is 81.5 Å². The van der Waals surface area contributed by atoms with E-state index in [9.17, 15) is 0 Å². The van der Waals surface area contributed by atoms with Crippen molar-refractivity contribution in [2.45, 2.75) is 45.6 Å². The molecule has 0 amide bonds. The second-order valence-electron chi connectivity index (χ2n) is 5.62. The first kappa shape index (κ1) is 16.4. The Hall–Kier alpha value is -2.02. The average molecular weight is 294 g/mol. The Balaban J connectivity index is 2.47. The molecule has 0 saturated carbocycles. The predicted molar refractivity (Wildman–Crippen MR) is 96.1 cm³/mol. The van der Waals surface area contributed by atoms with Gasteiger partial charge in [-0.25, -0.2) is 0 Å². The third-order valence-electron chi connectivity index (χ3n) is 4.08. The van der Waals surface area contributed by atoms with Crippen LogP contribution in [0.25, 0.3) is 6.08 Å². The van der Waals surface area contributed by atoms with Gasteiger partial charge in [-0.3, -0.25) is 0 Å². The molecule has 1 heteroatoms. The Bertz CT molecular complexity index is 588. The maximum atomic E-state index is 6.53. The first-order valence-corrected chi connectivity index (χ1v) is 8.08. The Morgan fingerprint density at radius 3 is 2.18 bits per heavy atom. The molecule has 2 rings (SSSR count). The monoisotopic (exact) mass is 294 g/mol. The highest BCUT2D eigenvalue weighted by Gasteiger charge is 2.37. The van der Waals surface area contributed by atoms with Crippen molar-refractivity contribution in [1.29, 1.82) is 0 Å². The van der Waals surface area contributed by atoms with Crippen molar-refractivity contribution in [1.82, 2.24) is 0 Å². The molecule has 1 aromatic carbocycles. The Labute approximate surface area is 134 Å². The summed E-state index contributed by atoms with van der Waals surface area (Å²) in [6.45, 7) is 6.20. The van der Waals surface area contributed by atoms with Crippen LogP contribution in [0.2, 0.25) is 0 Å². The van der Waals surface area contributed by atoms with Crippen molar-refractivity contribution < 1.29 is 4.74 Å². The fourth-order valence-corrected chi connectivity index (χ4v) is 2.82. The van der Waals surface area contributed by atoms with Crippen molar-refractivity contribution in [2.24, 2.45) is 0 Å². The number of fused-ring (bicyclic) bond motifs is 1. The number of para-hydroxylation sites is 1. The second kappa shape index (κ2) is 7.84. The van der Waals surface area contributed by atoms with E-state index >= 15 is 0 Å². The predicted octanol–water partition coefficient (Wildman–Crippen LogP) is 6.10. The highest BCUT2D eigenvalue weighted by molar-refractivity contribution is 5.65. The van der Waals surface area contributed by atoms with Crippen molar-refractivity contribution in [3.63, 3.8) is 0 Å². The molecule has 1 aromatic rings. The molecule has 0 bridgehead atoms. The summed E-state index contributed by atoms with van der Waals surface area (Å²) in [5.74, 6) is 0.987. The molecule has 0 radical (unpaired) electrons. The van der Waals surface area contributed by atoms with Crippen LogP contribution >= 0.6 is 0 Å². The lowest BCUT2D eigenvalue weighted by molar-refractivity contribution is 0.108. The van der Waals surface area contributed by atoms with E-state index in [1.165, 1.54) is 11.1 Å². The third-order valence-corrected chi connectivity index (χ3v) is 4.08. The van der Waals surface area contributed by atoms with Gasteiger partial charge in [-0.15, -0.1) is 0 Å². The molecule has 22 heavy (non-hydrogen) atoms. The summed E-state index contributed by atoms with van der Waals surface area (Å²) in [4.78, 5) is 0. The number of hydrogen-bond donors (Lipinski definition) is 0. The Kier molecular flexibility index (Phi) is 5.83. The zero-order valence-electron chi connectivity index (χ0n) is 13.9. The van der Waals surface area contributed by atoms with Crippen LogP contribution in [0.1, 0.15) is 45.6 Å². The summed E-state index contributed by atoms with van der Waals surface area (Å²) in [5.41, 5.74) is 2.26. The molecule has 0 aliphatic carbocycles. The molecule has 0 aromatic heterocycles. The maximum absolute atomic E-state index is 6.53. The summed E-state index contributed by atoms with van der Waals surface area (Å²) in [6, 6.07) is 8.30. The topological polar surface area (TPSA) is 9.23 Å². The SMILES string of the molecule is C/C=C/CC1=Cc2ccccc2OC1(C/C=C/C)C/C=C/C. The van der Waals surface area contributed by atoms with Crippen molar-refractivity contribution in [3.05, 3.63) is 71.9 Å². The molecule has 0 fully saturated rings. The summed E-state index contributed by atoms with van der Waals surface area (Å²) < 4.78 is 6.53. The van der Waals surface area contributed by atoms with Crippen LogP contribution < -0.4 is 4.74 Å². The minimum atomic E-state index is -0.271. The largest absolute Gasteiger partial charge is 0.482 e. The zero-order chi connectivity index (χ0) is 15.8. The molecule has 0 atom stereocenters. The quantitative estimate of drug-likeness (QED) is 0.576. The van der Waals surface area contributed by atoms with E-state index in [4.69, 9.17) is 4.74 Å². The van der Waals surface area contributed by atoms with Gasteiger partial charge in [0.2, 0.25) is 0 Å². The molecular formula is C21H26O. The molecule has 0 saturated heterocycles. The summed E-state index contributed by atoms with van der Waals surface area (Å²) in [7, 11) is 0. The maximum Gasteiger partial charge on any atom is 0.137 e. The van der Waals surface area contributed by atoms with Gasteiger partial charge in [-0.2, -0.15) is 0 Å². The van der Waals surface area contributed by atoms with Crippen LogP contribution in [-0.4, -0.2) is 5.60 Å². The van der Waals surface area contributed by atoms with E-state index in [-0.39, 0.29) is 5.60 Å². The standard InChI is InChI=1S/C21H26O/c1-4-7-13-19-17-18-12-10-11-14-20(18)22-21(19,15-8-5-2)16-9-6-3/h4-12,14,17H,13,15-16H2,1-3H3/b7-4+,8-5+,9-6+. The summed E-state index contributed by atoms with van der Waals surface area (Å²) >= 11 is 0. The number of benzene rings is 1. The lowest BCUT2D eigenvalue weighted by atomic mass is 9.81. The molecular weight excluding hydrogens is 268 g/mol. The number of rotatable bonds is 6. The minimum Gasteiger partial charge on any atom is -0.482 e. The minimum absolute atomic E-state index is 0.271. The van der Waals surface area contributed by atoms with E-state index in [1.807, 2.05) is 6.07 Å². The van der Waals surface area contributed by atoms with Gasteiger partial charge in [-0.05, 0) is 44.9 Å². The molecule has 0 N–H and O–H groups in total. The zero-order valence-corrected chi connectivity index (χ0v) is 13.9. The highest BCUT2D eigenvalue weighted by Crippen LogP contribution is 2.41. The first-order chi connectivity index (χ1) is 10.8. The fourth-order valence-electron chi connectivity index (χ4n) is 2.82. The average Bonchev–Trinajstić information content (AvgIpc) is 2.56. The number of hydrogen-bond acceptors (Lipinski definition) is 1. The van der Waals surface area contributed by atoms with E-state index in [0.717, 1.165) is 25.0 Å². The van der Waals surface area contributed by atoms with E-state index < -0.39 is 0 Å². The molecule has 0 unspecified atom stereocenters. The van der Waals surface area contributed by atoms with Gasteiger partial charge in [0.1, 0.15) is 11.4 Å². The van der Waals surface area contributed by atoms with Crippen molar-refractivity contribution in [2.75, 3.05) is 0 Å². The molecule has 1 nitrogen and oxygen atoms in total. The Morgan fingerprint density at radius 1 is 0.909 bits per heavy atom. The van der Waals surface area contributed by atoms with E-state index in [1.54, 1.807) is 0 Å². The van der Waals surface area contributed by atoms with Crippen LogP contribution in [0.4, 0.5) is 0 Å². The van der Waals surface area contributed by atoms with Gasteiger partial charge in [0.05, 0.1) is 0 Å². The molecule has 1 aliphatic heterocycles. The highest BCUT2D eigenvalue weighted by atomic mass is 16.5. The van der Waals surface area contributed by atoms with Gasteiger partial charge in [-0.1, -0.05) is 54.7 Å². The van der Waals surface area contributed by atoms with Crippen LogP contribution in [0.3, 0.4) is 0 Å². The third kappa shape index (κ3) is 3.59. The van der Waals surface area contributed by atoms with Crippen LogP contribution in [-0.2, 0) is 0 Å². The van der Waals surface area contributed by atoms with Crippen molar-refractivity contribution in [3.8, 4) is 5.75 Å². The lowest BCUT2D eigenvalue weighted by Crippen LogP contribution is -2.39. The lowest BCUT2D eigenvalue weighted by Gasteiger charge is -2.39. The van der Waals surface area contributed by atoms with Gasteiger partial charge in [0.15, 0.2) is 0 Å². The number of allylic oxidation sites excluding steroid dienone is 4. The summed E-state index contributed by atoms with van der Waals surface area (Å²) in [5, 5.41) is 0. The fraction of sp³-hybridized carbons (Fsp3) is 0.333. The molecule has 0 spiro atoms. The first-order valence-electron chi connectivity index (χ1n) is 8.08. The summed E-state index contributed by atoms with van der Waals surface area (Å²) in [6.07, 6.45) is 18.0. The van der Waals surface area contributed by atoms with Crippen molar-refractivity contribution >= 4 is 6.08 Å². The number of ether oxygens (including phenoxy) is 1. The van der Waals surface area contributed by atoms with Crippen LogP contribution in [0.5, 0.6) is 5.75 Å². The smallest absolute Gasteiger partial charge is 0.137 e. The second-order valence-corrected chi connectivity index (χ2v) is 5.62. The van der Waals surface area contributed by atoms with Gasteiger partial charge in [0.25, 0.3) is 0 Å². The van der Waals surface area contributed by atoms with E-state index in [0.29, 0.717) is 0 Å². The normalized spacial score (nSPS) is 17.0. The van der Waals surface area contributed by atoms with Gasteiger partial charge < -0.3 is 4.74 Å². The van der Waals surface area contributed by atoms with Crippen LogP contribution in [0.15, 0.2) is 66.3 Å². The van der Waals surface area contributed by atoms with Gasteiger partial charge in [0, 0.05) is 18.4 Å². The van der Waals surface area contributed by atoms with Gasteiger partial charge >= 0.3 is 0 Å². The molecule has 116 valence electrons. The molecule has 1 aliphatic rings. The van der Waals surface area contributed by atoms with Crippen LogP contribution in [0, 0.1) is 0 Å².